The molecule has 2 aliphatic carbocycles. The van der Waals surface area contributed by atoms with E-state index in [1.807, 2.05) is 31.4 Å². The maximum absolute atomic E-state index is 12.2. The Balaban J connectivity index is 1.58. The van der Waals surface area contributed by atoms with Crippen LogP contribution in [-0.4, -0.2) is 27.6 Å². The van der Waals surface area contributed by atoms with Crippen LogP contribution in [0.5, 0.6) is 0 Å². The lowest BCUT2D eigenvalue weighted by molar-refractivity contribution is -0.134. The molecular weight excluding hydrogens is 214 g/mol. The molecule has 2 fully saturated rings. The van der Waals surface area contributed by atoms with Crippen LogP contribution in [0.3, 0.4) is 0 Å². The molecule has 0 bridgehead atoms. The molecule has 0 aliphatic heterocycles. The highest BCUT2D eigenvalue weighted by molar-refractivity contribution is 5.79. The van der Waals surface area contributed by atoms with Crippen LogP contribution >= 0.6 is 0 Å². The van der Waals surface area contributed by atoms with Crippen LogP contribution < -0.4 is 0 Å². The van der Waals surface area contributed by atoms with Crippen molar-refractivity contribution >= 4 is 5.91 Å². The largest absolute Gasteiger partial charge is 0.341 e. The minimum absolute atomic E-state index is 0.292. The molecule has 1 aromatic heterocycles. The predicted octanol–water partition coefficient (Wildman–Crippen LogP) is 1.42. The molecule has 0 radical (unpaired) electrons. The van der Waals surface area contributed by atoms with Crippen LogP contribution in [0.1, 0.15) is 24.8 Å². The highest BCUT2D eigenvalue weighted by Crippen LogP contribution is 2.54. The lowest BCUT2D eigenvalue weighted by atomic mass is 10.0. The highest BCUT2D eigenvalue weighted by Gasteiger charge is 2.48. The number of nitrogens with zero attached hydrogens (tertiary/aromatic N) is 3. The number of aryl methyl sites for hydroxylation is 1. The summed E-state index contributed by atoms with van der Waals surface area (Å²) in [5.41, 5.74) is 1.10. The zero-order valence-corrected chi connectivity index (χ0v) is 10.5. The van der Waals surface area contributed by atoms with Crippen LogP contribution in [0.4, 0.5) is 0 Å². The molecule has 92 valence electrons. The van der Waals surface area contributed by atoms with Gasteiger partial charge in [-0.15, -0.1) is 0 Å². The van der Waals surface area contributed by atoms with Gasteiger partial charge in [0.25, 0.3) is 0 Å². The van der Waals surface area contributed by atoms with Crippen LogP contribution in [0.2, 0.25) is 0 Å². The Morgan fingerprint density at radius 1 is 1.47 bits per heavy atom. The number of hydrogen-bond acceptors (Lipinski definition) is 2. The van der Waals surface area contributed by atoms with Gasteiger partial charge in [0.1, 0.15) is 0 Å². The minimum Gasteiger partial charge on any atom is -0.341 e. The zero-order valence-electron chi connectivity index (χ0n) is 10.5. The van der Waals surface area contributed by atoms with Crippen molar-refractivity contribution in [3.8, 4) is 0 Å². The number of hydrogen-bond donors (Lipinski definition) is 0. The third kappa shape index (κ3) is 2.08. The Labute approximate surface area is 102 Å². The number of carbonyl (C=O) groups is 1. The van der Waals surface area contributed by atoms with Gasteiger partial charge in [-0.1, -0.05) is 0 Å². The normalized spacial score (nSPS) is 30.1. The van der Waals surface area contributed by atoms with E-state index in [2.05, 4.69) is 5.10 Å². The molecule has 1 heterocycles. The molecule has 4 heteroatoms. The summed E-state index contributed by atoms with van der Waals surface area (Å²) in [5.74, 6) is 2.35. The Kier molecular flexibility index (Phi) is 2.45. The van der Waals surface area contributed by atoms with Gasteiger partial charge in [0.15, 0.2) is 0 Å². The fraction of sp³-hybridized carbons (Fsp3) is 0.692. The second-order valence-corrected chi connectivity index (χ2v) is 5.64. The van der Waals surface area contributed by atoms with E-state index in [-0.39, 0.29) is 0 Å². The number of carbonyl (C=O) groups excluding carboxylic acids is 1. The molecule has 0 saturated heterocycles. The van der Waals surface area contributed by atoms with E-state index < -0.39 is 0 Å². The summed E-state index contributed by atoms with van der Waals surface area (Å²) in [6.07, 6.45) is 7.42. The lowest BCUT2D eigenvalue weighted by Gasteiger charge is -2.21. The van der Waals surface area contributed by atoms with E-state index in [0.29, 0.717) is 18.4 Å². The first-order valence-electron chi connectivity index (χ1n) is 6.36. The van der Waals surface area contributed by atoms with E-state index in [1.165, 1.54) is 6.42 Å². The van der Waals surface area contributed by atoms with Gasteiger partial charge in [0.05, 0.1) is 6.20 Å². The van der Waals surface area contributed by atoms with Gasteiger partial charge in [-0.05, 0) is 31.1 Å². The summed E-state index contributed by atoms with van der Waals surface area (Å²) in [6, 6.07) is 0. The summed E-state index contributed by atoms with van der Waals surface area (Å²) in [4.78, 5) is 14.1. The maximum atomic E-state index is 12.2. The van der Waals surface area contributed by atoms with Crippen molar-refractivity contribution in [2.75, 3.05) is 7.05 Å². The summed E-state index contributed by atoms with van der Waals surface area (Å²) in [7, 11) is 3.80. The molecule has 1 amide bonds. The van der Waals surface area contributed by atoms with E-state index in [9.17, 15) is 4.79 Å². The summed E-state index contributed by atoms with van der Waals surface area (Å²) < 4.78 is 1.78. The first-order valence-corrected chi connectivity index (χ1v) is 6.36. The van der Waals surface area contributed by atoms with Gasteiger partial charge in [-0.3, -0.25) is 9.48 Å². The Morgan fingerprint density at radius 2 is 2.18 bits per heavy atom. The van der Waals surface area contributed by atoms with Crippen molar-refractivity contribution in [3.63, 3.8) is 0 Å². The third-order valence-corrected chi connectivity index (χ3v) is 4.15. The van der Waals surface area contributed by atoms with Gasteiger partial charge >= 0.3 is 0 Å². The molecule has 17 heavy (non-hydrogen) atoms. The van der Waals surface area contributed by atoms with Crippen molar-refractivity contribution in [1.82, 2.24) is 14.7 Å². The quantitative estimate of drug-likeness (QED) is 0.792. The molecule has 2 unspecified atom stereocenters. The van der Waals surface area contributed by atoms with Crippen molar-refractivity contribution < 1.29 is 4.79 Å². The Hall–Kier alpha value is -1.32. The van der Waals surface area contributed by atoms with Crippen LogP contribution in [-0.2, 0) is 18.4 Å². The molecule has 2 aliphatic rings. The molecule has 2 atom stereocenters. The molecule has 2 saturated carbocycles. The third-order valence-electron chi connectivity index (χ3n) is 4.15. The van der Waals surface area contributed by atoms with Gasteiger partial charge in [-0.2, -0.15) is 5.10 Å². The topological polar surface area (TPSA) is 38.1 Å². The van der Waals surface area contributed by atoms with Gasteiger partial charge in [0.2, 0.25) is 5.91 Å². The van der Waals surface area contributed by atoms with Crippen molar-refractivity contribution in [1.29, 1.82) is 0 Å². The molecular formula is C13H19N3O. The molecule has 0 spiro atoms. The summed E-state index contributed by atoms with van der Waals surface area (Å²) >= 11 is 0. The lowest BCUT2D eigenvalue weighted by Crippen LogP contribution is -2.31. The number of aromatic nitrogens is 2. The van der Waals surface area contributed by atoms with E-state index in [1.54, 1.807) is 4.68 Å². The van der Waals surface area contributed by atoms with Crippen molar-refractivity contribution in [2.24, 2.45) is 24.8 Å². The standard InChI is InChI=1S/C13H19N3O/c1-15(7-9-6-14-16(2)8-9)13(17)12-4-10-3-11(10)5-12/h6,8,10-12H,3-5,7H2,1-2H3. The van der Waals surface area contributed by atoms with Crippen molar-refractivity contribution in [2.45, 2.75) is 25.8 Å². The van der Waals surface area contributed by atoms with E-state index >= 15 is 0 Å². The SMILES string of the molecule is CN(Cc1cnn(C)c1)C(=O)C1CC2CC2C1. The average Bonchev–Trinajstić information content (AvgIpc) is 2.72. The smallest absolute Gasteiger partial charge is 0.225 e. The van der Waals surface area contributed by atoms with Crippen LogP contribution in [0, 0.1) is 17.8 Å². The molecule has 1 aromatic rings. The first-order chi connectivity index (χ1) is 8.13. The molecule has 0 aromatic carbocycles. The Bertz CT molecular complexity index is 430. The molecule has 3 rings (SSSR count). The van der Waals surface area contributed by atoms with Crippen molar-refractivity contribution in [3.05, 3.63) is 18.0 Å². The fourth-order valence-electron chi connectivity index (χ4n) is 3.13. The van der Waals surface area contributed by atoms with Crippen LogP contribution in [0.25, 0.3) is 0 Å². The fourth-order valence-corrected chi connectivity index (χ4v) is 3.13. The monoisotopic (exact) mass is 233 g/mol. The average molecular weight is 233 g/mol. The minimum atomic E-state index is 0.292. The molecule has 0 N–H and O–H groups in total. The van der Waals surface area contributed by atoms with Crippen LogP contribution in [0.15, 0.2) is 12.4 Å². The second kappa shape index (κ2) is 3.86. The first kappa shape index (κ1) is 10.8. The predicted molar refractivity (Wildman–Crippen MR) is 64.0 cm³/mol. The number of rotatable bonds is 3. The molecule has 4 nitrogen and oxygen atoms in total. The van der Waals surface area contributed by atoms with Gasteiger partial charge < -0.3 is 4.90 Å². The second-order valence-electron chi connectivity index (χ2n) is 5.64. The maximum Gasteiger partial charge on any atom is 0.225 e. The van der Waals surface area contributed by atoms with Gasteiger partial charge in [-0.25, -0.2) is 0 Å². The highest BCUT2D eigenvalue weighted by atomic mass is 16.2. The summed E-state index contributed by atoms with van der Waals surface area (Å²) in [5, 5.41) is 4.12. The van der Waals surface area contributed by atoms with Gasteiger partial charge in [0, 0.05) is 38.3 Å². The Morgan fingerprint density at radius 3 is 2.76 bits per heavy atom. The summed E-state index contributed by atoms with van der Waals surface area (Å²) in [6.45, 7) is 0.679. The number of amides is 1. The number of fused-ring (bicyclic) bond motifs is 1. The van der Waals surface area contributed by atoms with E-state index in [4.69, 9.17) is 0 Å². The van der Waals surface area contributed by atoms with E-state index in [0.717, 1.165) is 30.2 Å². The zero-order chi connectivity index (χ0) is 12.0.